The fourth-order valence-corrected chi connectivity index (χ4v) is 3.44. The van der Waals surface area contributed by atoms with E-state index in [2.05, 4.69) is 16.0 Å². The SMILES string of the molecule is C#CC(C)NS(=O)(=O)c1cc(F)ccc1NCC(CC)CCO. The molecule has 0 heterocycles. The van der Waals surface area contributed by atoms with Crippen LogP contribution in [-0.2, 0) is 10.0 Å². The van der Waals surface area contributed by atoms with Crippen molar-refractivity contribution >= 4 is 15.7 Å². The van der Waals surface area contributed by atoms with Gasteiger partial charge in [-0.2, -0.15) is 4.72 Å². The van der Waals surface area contributed by atoms with Gasteiger partial charge in [0.05, 0.1) is 11.7 Å². The second kappa shape index (κ2) is 8.87. The molecule has 2 unspecified atom stereocenters. The van der Waals surface area contributed by atoms with Gasteiger partial charge in [-0.25, -0.2) is 12.8 Å². The van der Waals surface area contributed by atoms with Crippen molar-refractivity contribution in [2.45, 2.75) is 37.6 Å². The molecule has 1 aromatic carbocycles. The van der Waals surface area contributed by atoms with Crippen LogP contribution in [0.25, 0.3) is 0 Å². The molecule has 23 heavy (non-hydrogen) atoms. The summed E-state index contributed by atoms with van der Waals surface area (Å²) in [6.07, 6.45) is 6.63. The number of halogens is 1. The fraction of sp³-hybridized carbons (Fsp3) is 0.500. The smallest absolute Gasteiger partial charge is 0.243 e. The summed E-state index contributed by atoms with van der Waals surface area (Å²) in [6, 6.07) is 2.84. The summed E-state index contributed by atoms with van der Waals surface area (Å²) in [5.41, 5.74) is 0.305. The number of terminal acetylenes is 1. The van der Waals surface area contributed by atoms with Crippen molar-refractivity contribution in [3.05, 3.63) is 24.0 Å². The summed E-state index contributed by atoms with van der Waals surface area (Å²) >= 11 is 0. The monoisotopic (exact) mass is 342 g/mol. The molecule has 0 aliphatic heterocycles. The van der Waals surface area contributed by atoms with E-state index in [0.717, 1.165) is 12.5 Å². The van der Waals surface area contributed by atoms with Gasteiger partial charge in [-0.1, -0.05) is 19.3 Å². The number of aliphatic hydroxyl groups is 1. The summed E-state index contributed by atoms with van der Waals surface area (Å²) < 4.78 is 40.5. The van der Waals surface area contributed by atoms with Gasteiger partial charge in [0.2, 0.25) is 10.0 Å². The van der Waals surface area contributed by atoms with Crippen molar-refractivity contribution < 1.29 is 17.9 Å². The number of aliphatic hydroxyl groups excluding tert-OH is 1. The Labute approximate surface area is 137 Å². The largest absolute Gasteiger partial charge is 0.396 e. The van der Waals surface area contributed by atoms with E-state index in [1.54, 1.807) is 0 Å². The van der Waals surface area contributed by atoms with Crippen molar-refractivity contribution in [3.63, 3.8) is 0 Å². The lowest BCUT2D eigenvalue weighted by molar-refractivity contribution is 0.258. The average molecular weight is 342 g/mol. The summed E-state index contributed by atoms with van der Waals surface area (Å²) in [5.74, 6) is 1.81. The zero-order valence-electron chi connectivity index (χ0n) is 13.3. The Hall–Kier alpha value is -1.62. The van der Waals surface area contributed by atoms with Gasteiger partial charge in [0.15, 0.2) is 0 Å². The van der Waals surface area contributed by atoms with Gasteiger partial charge in [-0.05, 0) is 37.5 Å². The highest BCUT2D eigenvalue weighted by Crippen LogP contribution is 2.23. The van der Waals surface area contributed by atoms with E-state index < -0.39 is 21.9 Å². The van der Waals surface area contributed by atoms with Crippen molar-refractivity contribution in [1.82, 2.24) is 4.72 Å². The predicted molar refractivity (Wildman–Crippen MR) is 89.0 cm³/mol. The van der Waals surface area contributed by atoms with Crippen LogP contribution in [0, 0.1) is 24.1 Å². The Balaban J connectivity index is 3.04. The van der Waals surface area contributed by atoms with Gasteiger partial charge in [0, 0.05) is 13.2 Å². The van der Waals surface area contributed by atoms with E-state index in [4.69, 9.17) is 11.5 Å². The quantitative estimate of drug-likeness (QED) is 0.599. The molecule has 0 saturated carbocycles. The van der Waals surface area contributed by atoms with Gasteiger partial charge in [0.25, 0.3) is 0 Å². The van der Waals surface area contributed by atoms with Crippen molar-refractivity contribution in [2.75, 3.05) is 18.5 Å². The number of benzene rings is 1. The molecule has 0 aliphatic carbocycles. The first-order valence-electron chi connectivity index (χ1n) is 7.46. The molecule has 5 nitrogen and oxygen atoms in total. The second-order valence-electron chi connectivity index (χ2n) is 5.32. The Kier molecular flexibility index (Phi) is 7.49. The molecule has 0 amide bonds. The van der Waals surface area contributed by atoms with Crippen molar-refractivity contribution in [3.8, 4) is 12.3 Å². The number of anilines is 1. The van der Waals surface area contributed by atoms with Crippen molar-refractivity contribution in [1.29, 1.82) is 0 Å². The first-order chi connectivity index (χ1) is 10.8. The van der Waals surface area contributed by atoms with Gasteiger partial charge in [0.1, 0.15) is 10.7 Å². The van der Waals surface area contributed by atoms with E-state index in [-0.39, 0.29) is 17.4 Å². The normalized spacial score (nSPS) is 14.0. The van der Waals surface area contributed by atoms with E-state index in [1.165, 1.54) is 19.1 Å². The maximum atomic E-state index is 13.5. The van der Waals surface area contributed by atoms with E-state index in [1.807, 2.05) is 6.92 Å². The molecule has 0 saturated heterocycles. The zero-order chi connectivity index (χ0) is 17.5. The minimum absolute atomic E-state index is 0.0655. The molecule has 1 rings (SSSR count). The van der Waals surface area contributed by atoms with Crippen LogP contribution < -0.4 is 10.0 Å². The topological polar surface area (TPSA) is 78.4 Å². The Morgan fingerprint density at radius 1 is 1.43 bits per heavy atom. The van der Waals surface area contributed by atoms with Gasteiger partial charge >= 0.3 is 0 Å². The van der Waals surface area contributed by atoms with Crippen LogP contribution in [-0.4, -0.2) is 32.7 Å². The molecule has 0 fully saturated rings. The molecular formula is C16H23FN2O3S. The lowest BCUT2D eigenvalue weighted by Crippen LogP contribution is -2.32. The second-order valence-corrected chi connectivity index (χ2v) is 7.00. The number of sulfonamides is 1. The molecule has 128 valence electrons. The summed E-state index contributed by atoms with van der Waals surface area (Å²) in [4.78, 5) is -0.182. The van der Waals surface area contributed by atoms with Crippen LogP contribution in [0.15, 0.2) is 23.1 Å². The van der Waals surface area contributed by atoms with Crippen LogP contribution in [0.4, 0.5) is 10.1 Å². The molecule has 0 spiro atoms. The Morgan fingerprint density at radius 2 is 2.13 bits per heavy atom. The molecule has 2 atom stereocenters. The third kappa shape index (κ3) is 5.82. The molecule has 0 aliphatic rings. The minimum Gasteiger partial charge on any atom is -0.396 e. The predicted octanol–water partition coefficient (Wildman–Crippen LogP) is 1.95. The summed E-state index contributed by atoms with van der Waals surface area (Å²) in [6.45, 7) is 4.06. The Morgan fingerprint density at radius 3 is 2.70 bits per heavy atom. The molecule has 0 bridgehead atoms. The summed E-state index contributed by atoms with van der Waals surface area (Å²) in [7, 11) is -3.94. The third-order valence-electron chi connectivity index (χ3n) is 3.51. The molecule has 0 aromatic heterocycles. The molecule has 7 heteroatoms. The molecular weight excluding hydrogens is 319 g/mol. The fourth-order valence-electron chi connectivity index (χ4n) is 2.08. The number of hydrogen-bond donors (Lipinski definition) is 3. The van der Waals surface area contributed by atoms with Crippen LogP contribution in [0.2, 0.25) is 0 Å². The first-order valence-corrected chi connectivity index (χ1v) is 8.95. The van der Waals surface area contributed by atoms with E-state index in [9.17, 15) is 12.8 Å². The number of rotatable bonds is 9. The maximum Gasteiger partial charge on any atom is 0.243 e. The highest BCUT2D eigenvalue weighted by molar-refractivity contribution is 7.89. The molecule has 3 N–H and O–H groups in total. The first kappa shape index (κ1) is 19.4. The number of nitrogens with one attached hydrogen (secondary N) is 2. The summed E-state index contributed by atoms with van der Waals surface area (Å²) in [5, 5.41) is 12.0. The lowest BCUT2D eigenvalue weighted by Gasteiger charge is -2.18. The van der Waals surface area contributed by atoms with Gasteiger partial charge in [-0.15, -0.1) is 6.42 Å². The van der Waals surface area contributed by atoms with Crippen LogP contribution >= 0.6 is 0 Å². The zero-order valence-corrected chi connectivity index (χ0v) is 14.2. The Bertz CT molecular complexity index is 656. The van der Waals surface area contributed by atoms with E-state index in [0.29, 0.717) is 18.7 Å². The highest BCUT2D eigenvalue weighted by atomic mass is 32.2. The third-order valence-corrected chi connectivity index (χ3v) is 5.09. The van der Waals surface area contributed by atoms with Crippen LogP contribution in [0.5, 0.6) is 0 Å². The lowest BCUT2D eigenvalue weighted by atomic mass is 10.0. The maximum absolute atomic E-state index is 13.5. The van der Waals surface area contributed by atoms with E-state index >= 15 is 0 Å². The molecule has 0 radical (unpaired) electrons. The van der Waals surface area contributed by atoms with Gasteiger partial charge in [-0.3, -0.25) is 0 Å². The van der Waals surface area contributed by atoms with Crippen molar-refractivity contribution in [2.24, 2.45) is 5.92 Å². The van der Waals surface area contributed by atoms with Gasteiger partial charge < -0.3 is 10.4 Å². The molecule has 1 aromatic rings. The minimum atomic E-state index is -3.94. The highest BCUT2D eigenvalue weighted by Gasteiger charge is 2.21. The van der Waals surface area contributed by atoms with Crippen LogP contribution in [0.3, 0.4) is 0 Å². The number of hydrogen-bond acceptors (Lipinski definition) is 4. The van der Waals surface area contributed by atoms with Crippen LogP contribution in [0.1, 0.15) is 26.7 Å². The standard InChI is InChI=1S/C16H23FN2O3S/c1-4-12(3)19-23(21,22)16-10-14(17)6-7-15(16)18-11-13(5-2)8-9-20/h1,6-7,10,12-13,18-20H,5,8-9,11H2,2-3H3. The average Bonchev–Trinajstić information content (AvgIpc) is 2.51.